The second-order valence-electron chi connectivity index (χ2n) is 20.2. The van der Waals surface area contributed by atoms with Crippen LogP contribution in [0.25, 0.3) is 0 Å². The first-order valence-corrected chi connectivity index (χ1v) is 159. The molecule has 1 atom stereocenters. The number of hydrogen-bond donors (Lipinski definition) is 1. The molecule has 0 aliphatic heterocycles. The van der Waals surface area contributed by atoms with Crippen molar-refractivity contribution in [2.24, 2.45) is 0 Å². The highest BCUT2D eigenvalue weighted by atomic mass is 30.2. The van der Waals surface area contributed by atoms with Gasteiger partial charge in [-0.25, -0.2) is 0 Å². The zero-order valence-corrected chi connectivity index (χ0v) is 111. The topological polar surface area (TPSA) is 960 Å². The highest BCUT2D eigenvalue weighted by Crippen LogP contribution is 2.16. The predicted octanol–water partition coefficient (Wildman–Crippen LogP) is -27.0. The minimum Gasteiger partial charge on any atom is -0.574 e. The summed E-state index contributed by atoms with van der Waals surface area (Å²) in [4.78, 5) is 0. The van der Waals surface area contributed by atoms with Crippen molar-refractivity contribution in [1.29, 1.82) is 0 Å². The van der Waals surface area contributed by atoms with Crippen LogP contribution in [0.3, 0.4) is 0 Å². The van der Waals surface area contributed by atoms with Gasteiger partial charge in [0.1, 0.15) is 0 Å². The molecule has 0 spiro atoms. The van der Waals surface area contributed by atoms with Crippen LogP contribution in [0, 0.1) is 0 Å². The van der Waals surface area contributed by atoms with E-state index in [9.17, 15) is 241 Å². The molecule has 0 heterocycles. The van der Waals surface area contributed by atoms with Gasteiger partial charge < -0.3 is 255 Å². The van der Waals surface area contributed by atoms with Crippen LogP contribution in [0.1, 0.15) is 6.42 Å². The summed E-state index contributed by atoms with van der Waals surface area (Å²) in [6, 6.07) is -0.525. The molecule has 0 amide bonds. The van der Waals surface area contributed by atoms with Crippen molar-refractivity contribution in [1.82, 2.24) is 0 Å². The van der Waals surface area contributed by atoms with E-state index in [0.717, 1.165) is 6.55 Å². The zero-order valence-electron chi connectivity index (χ0n) is 55.5. The largest absolute Gasteiger partial charge is 0.574 e. The lowest BCUT2D eigenvalue weighted by Crippen LogP contribution is -2.59. The van der Waals surface area contributed by atoms with Crippen molar-refractivity contribution < 1.29 is 255 Å². The molecule has 0 saturated carbocycles. The van der Waals surface area contributed by atoms with E-state index < -0.39 is 440 Å². The minimum absolute atomic E-state index is 0.241. The van der Waals surface area contributed by atoms with Gasteiger partial charge in [0.2, 0.25) is 0 Å². The Bertz CT molecular complexity index is 5480. The Morgan fingerprint density at radius 1 is 0.203 bits per heavy atom. The standard InChI is InChI=1S/C6H16O57Si55/c1-118(6-2-4-62-5-3-7,117(61)116(60)71(15)68(12)65-9)63-66(10)69(13)72(16)74(18)76(20)78(22)80(24)82(26)84(28)86(30)88(32)90(34)92(36)94(38)96(40)98(42)100(44)102(46)104(48)106(50)108(52)110(54)112(56)114(58)115(59)113(57)111(55)109(53)107(51)105(49)103(47)101(45)99(43)97(41)95(39)93(37)91(35)89(33)87(31)85(29)83(27)81(25)79(23)77(21)75(19)73(17)70(14)67(11)64-8/h7,64-65H,2-6H2,1H3. The van der Waals surface area contributed by atoms with Crippen LogP contribution >= 0.6 is 0 Å². The van der Waals surface area contributed by atoms with Crippen LogP contribution in [0.4, 0.5) is 0 Å². The van der Waals surface area contributed by atoms with Crippen molar-refractivity contribution in [3.63, 3.8) is 0 Å². The summed E-state index contributed by atoms with van der Waals surface area (Å²) >= 11 is 0. The van der Waals surface area contributed by atoms with Crippen molar-refractivity contribution >= 4 is 428 Å². The number of ether oxygens (including phenoxy) is 1. The van der Waals surface area contributed by atoms with Gasteiger partial charge in [0.15, 0.2) is 0 Å². The normalized spacial score (nSPS) is 10.5. The van der Waals surface area contributed by atoms with Crippen LogP contribution in [-0.2, 0) is 250 Å². The molecule has 1 unspecified atom stereocenters. The molecule has 0 aromatic rings. The summed E-state index contributed by atoms with van der Waals surface area (Å²) in [6.07, 6.45) is -0.241. The molecule has 0 fully saturated rings. The maximum Gasteiger partial charge on any atom is 0.532 e. The van der Waals surface area contributed by atoms with Gasteiger partial charge in [-0.05, 0) is 19.0 Å². The molecule has 112 heteroatoms. The fourth-order valence-electron chi connectivity index (χ4n) is 6.44. The fraction of sp³-hybridized carbons (Fsp3) is 1.00. The molecule has 0 aliphatic carbocycles. The van der Waals surface area contributed by atoms with E-state index in [1.807, 2.05) is 0 Å². The molecule has 0 radical (unpaired) electrons. The van der Waals surface area contributed by atoms with E-state index in [1.54, 1.807) is 0 Å². The summed E-state index contributed by atoms with van der Waals surface area (Å²) < 4.78 is 698. The summed E-state index contributed by atoms with van der Waals surface area (Å²) in [5.41, 5.74) is 0. The van der Waals surface area contributed by atoms with Crippen molar-refractivity contribution in [2.75, 3.05) is 19.8 Å². The Hall–Kier alpha value is 0.849. The monoisotopic (exact) mass is 2540 g/mol. The SMILES string of the molecule is C[Si](CCCOCCO)(O[Si](=O)[Si](=O)[Si](=O)[Si](=O)[Si](=O)[Si](=O)[Si](=O)[Si](=O)[Si](=O)[Si](=O)[Si](=O)[Si](=O)[Si](=O)[Si](=O)[Si](=O)[Si](=O)[Si](=O)[Si](=O)[Si](=O)[Si](=O)[Si](=O)[Si](=O)[Si](=O)[Si](=O)[Si](=O)[Si](=O)[Si](=O)[Si](=O)[Si](=O)[Si](=O)[Si](=O)[Si](=O)[Si](=O)[Si](=O)[Si](=O)[Si](=O)[Si](=O)[Si](=O)[Si](=O)[Si](=O)[Si](=O)[Si](=O)[Si](=O)[Si](=O)[Si](=O)[Si](=O)[Si](=O)[Si](=O)[SiH]=O)[Si](=O)[Si](=O)[Si](=O)[Si](=O)[SiH]=O. The number of aliphatic hydroxyl groups excluding tert-OH is 1. The van der Waals surface area contributed by atoms with Gasteiger partial charge in [0.05, 0.1) is 13.2 Å². The molecule has 602 valence electrons. The zero-order chi connectivity index (χ0) is 92.9. The fourth-order valence-corrected chi connectivity index (χ4v) is 621. The molecule has 118 heavy (non-hydrogen) atoms. The van der Waals surface area contributed by atoms with Gasteiger partial charge in [-0.15, -0.1) is 0 Å². The molecular weight excluding hydrogens is 2530 g/mol. The molecule has 0 aromatic heterocycles. The van der Waals surface area contributed by atoms with Gasteiger partial charge in [-0.2, -0.15) is 0 Å². The third-order valence-electron chi connectivity index (χ3n) is 12.5. The van der Waals surface area contributed by atoms with Crippen LogP contribution in [0.15, 0.2) is 0 Å². The summed E-state index contributed by atoms with van der Waals surface area (Å²) in [5, 5.41) is 8.89. The first-order valence-electron chi connectivity index (χ1n) is 28.1. The maximum atomic E-state index is 13.4. The Kier molecular flexibility index (Phi) is 54.9. The molecule has 0 bridgehead atoms. The number of hydrogen-bond acceptors (Lipinski definition) is 57. The Balaban J connectivity index is 6.12. The third-order valence-corrected chi connectivity index (χ3v) is 428. The van der Waals surface area contributed by atoms with Crippen LogP contribution in [0.5, 0.6) is 0 Å². The van der Waals surface area contributed by atoms with E-state index in [2.05, 4.69) is 0 Å². The van der Waals surface area contributed by atoms with E-state index in [-0.39, 0.29) is 19.6 Å². The second kappa shape index (κ2) is 54.5. The van der Waals surface area contributed by atoms with Gasteiger partial charge in [0.25, 0.3) is 7.83 Å². The number of aliphatic hydroxyl groups is 1. The molecule has 0 aliphatic rings. The third kappa shape index (κ3) is 31.3. The second-order valence-corrected chi connectivity index (χ2v) is 281. The average molecular weight is 2540 g/mol. The highest BCUT2D eigenvalue weighted by Gasteiger charge is 2.62. The molecule has 0 saturated heterocycles. The lowest BCUT2D eigenvalue weighted by molar-refractivity contribution is 0.0924. The average Bonchev–Trinajstić information content (AvgIpc) is 0.824. The van der Waals surface area contributed by atoms with Gasteiger partial charge >= 0.3 is 420 Å². The Morgan fingerprint density at radius 2 is 0.339 bits per heavy atom. The quantitative estimate of drug-likeness (QED) is 0.0436. The summed E-state index contributed by atoms with van der Waals surface area (Å²) in [7, 11) is -254. The van der Waals surface area contributed by atoms with Gasteiger partial charge in [-0.1, -0.05) is 0 Å². The molecule has 0 aromatic carbocycles. The van der Waals surface area contributed by atoms with E-state index in [1.165, 1.54) is 0 Å². The first kappa shape index (κ1) is 119. The van der Waals surface area contributed by atoms with E-state index >= 15 is 0 Å². The van der Waals surface area contributed by atoms with Gasteiger partial charge in [0, 0.05) is 6.61 Å². The smallest absolute Gasteiger partial charge is 0.532 e. The molecule has 57 nitrogen and oxygen atoms in total. The highest BCUT2D eigenvalue weighted by molar-refractivity contribution is 7.87. The van der Waals surface area contributed by atoms with Crippen LogP contribution in [0.2, 0.25) is 12.6 Å². The lowest BCUT2D eigenvalue weighted by atomic mass is 10.5. The molecule has 0 rings (SSSR count). The van der Waals surface area contributed by atoms with Crippen molar-refractivity contribution in [3.05, 3.63) is 0 Å². The van der Waals surface area contributed by atoms with Crippen LogP contribution in [-0.4, -0.2) is 453 Å². The molecular formula is C6H16O57Si55. The first-order chi connectivity index (χ1) is 54.0. The number of rotatable bonds is 61. The summed E-state index contributed by atoms with van der Waals surface area (Å²) in [5.74, 6) is 0. The predicted molar refractivity (Wildman–Crippen MR) is 391 cm³/mol. The van der Waals surface area contributed by atoms with Crippen molar-refractivity contribution in [3.8, 4) is 0 Å². The Labute approximate surface area is 712 Å². The maximum absolute atomic E-state index is 13.4. The lowest BCUT2D eigenvalue weighted by Gasteiger charge is -2.24. The minimum atomic E-state index is -4.98. The van der Waals surface area contributed by atoms with Crippen molar-refractivity contribution in [2.45, 2.75) is 19.0 Å². The van der Waals surface area contributed by atoms with E-state index in [4.69, 9.17) is 14.0 Å². The van der Waals surface area contributed by atoms with Gasteiger partial charge in [-0.3, -0.25) is 0 Å². The van der Waals surface area contributed by atoms with Crippen LogP contribution < -0.4 is 0 Å². The summed E-state index contributed by atoms with van der Waals surface area (Å²) in [6.45, 7) is -0.159. The molecule has 1 N–H and O–H groups in total. The van der Waals surface area contributed by atoms with E-state index in [0.29, 0.717) is 0 Å². The Morgan fingerprint density at radius 3 is 0.483 bits per heavy atom.